The highest BCUT2D eigenvalue weighted by Crippen LogP contribution is 2.30. The van der Waals surface area contributed by atoms with Gasteiger partial charge in [0.1, 0.15) is 17.4 Å². The van der Waals surface area contributed by atoms with Gasteiger partial charge in [-0.1, -0.05) is 13.8 Å². The maximum Gasteiger partial charge on any atom is 0.342 e. The minimum Gasteiger partial charge on any atom is -0.507 e. The SMILES string of the molecule is CCCNc1cc(O)c2c(c1)CCCC(=O)C(=O)C(=O)C(F)C[C@H](C)[C@H](C)OC2=O. The lowest BCUT2D eigenvalue weighted by Crippen LogP contribution is -2.34. The van der Waals surface area contributed by atoms with Crippen LogP contribution >= 0.6 is 0 Å². The number of Topliss-reactive ketones (excluding diaryl/α,β-unsaturated/α-hetero) is 3. The molecule has 0 amide bonds. The Morgan fingerprint density at radius 1 is 1.17 bits per heavy atom. The van der Waals surface area contributed by atoms with Gasteiger partial charge in [-0.05, 0) is 50.2 Å². The Morgan fingerprint density at radius 2 is 1.87 bits per heavy atom. The van der Waals surface area contributed by atoms with Crippen LogP contribution in [0.3, 0.4) is 0 Å². The summed E-state index contributed by atoms with van der Waals surface area (Å²) < 4.78 is 19.6. The van der Waals surface area contributed by atoms with Crippen molar-refractivity contribution in [2.45, 2.75) is 65.2 Å². The molecular weight excluding hydrogens is 393 g/mol. The van der Waals surface area contributed by atoms with Crippen molar-refractivity contribution in [3.8, 4) is 5.75 Å². The van der Waals surface area contributed by atoms with Gasteiger partial charge in [0.2, 0.25) is 11.6 Å². The van der Waals surface area contributed by atoms with Crippen LogP contribution in [0.1, 0.15) is 62.4 Å². The van der Waals surface area contributed by atoms with Gasteiger partial charge in [0.15, 0.2) is 6.17 Å². The second-order valence-corrected chi connectivity index (χ2v) is 7.72. The maximum absolute atomic E-state index is 14.2. The normalized spacial score (nSPS) is 24.1. The van der Waals surface area contributed by atoms with Crippen LogP contribution in [0.25, 0.3) is 0 Å². The molecule has 2 rings (SSSR count). The van der Waals surface area contributed by atoms with E-state index < -0.39 is 41.5 Å². The molecule has 1 aliphatic heterocycles. The first-order chi connectivity index (χ1) is 14.1. The summed E-state index contributed by atoms with van der Waals surface area (Å²) in [6.45, 7) is 5.77. The number of esters is 1. The lowest BCUT2D eigenvalue weighted by Gasteiger charge is -2.23. The number of ketones is 3. The summed E-state index contributed by atoms with van der Waals surface area (Å²) in [5, 5.41) is 13.6. The van der Waals surface area contributed by atoms with Gasteiger partial charge >= 0.3 is 5.97 Å². The number of fused-ring (bicyclic) bond motifs is 1. The number of carbonyl (C=O) groups is 4. The Bertz CT molecular complexity index is 837. The Kier molecular flexibility index (Phi) is 8.08. The summed E-state index contributed by atoms with van der Waals surface area (Å²) in [6, 6.07) is 3.12. The van der Waals surface area contributed by atoms with E-state index in [1.165, 1.54) is 6.07 Å². The van der Waals surface area contributed by atoms with E-state index in [1.54, 1.807) is 19.9 Å². The van der Waals surface area contributed by atoms with Gasteiger partial charge in [-0.15, -0.1) is 0 Å². The number of phenolic OH excluding ortho intramolecular Hbond substituents is 1. The number of carbonyl (C=O) groups excluding carboxylic acids is 4. The lowest BCUT2D eigenvalue weighted by atomic mass is 9.93. The molecule has 0 spiro atoms. The van der Waals surface area contributed by atoms with Crippen LogP contribution in [-0.4, -0.2) is 47.2 Å². The molecule has 1 heterocycles. The van der Waals surface area contributed by atoms with Crippen molar-refractivity contribution < 1.29 is 33.4 Å². The van der Waals surface area contributed by atoms with Crippen LogP contribution in [-0.2, 0) is 25.5 Å². The van der Waals surface area contributed by atoms with E-state index in [0.717, 1.165) is 6.42 Å². The summed E-state index contributed by atoms with van der Waals surface area (Å²) in [5.74, 6) is -5.25. The van der Waals surface area contributed by atoms with E-state index in [-0.39, 0.29) is 37.0 Å². The van der Waals surface area contributed by atoms with Crippen molar-refractivity contribution in [1.82, 2.24) is 0 Å². The third kappa shape index (κ3) is 5.64. The molecule has 1 aromatic carbocycles. The number of anilines is 1. The number of hydrogen-bond acceptors (Lipinski definition) is 7. The zero-order chi connectivity index (χ0) is 22.4. The van der Waals surface area contributed by atoms with Gasteiger partial charge in [-0.25, -0.2) is 9.18 Å². The quantitative estimate of drug-likeness (QED) is 0.570. The number of nitrogens with one attached hydrogen (secondary N) is 1. The molecule has 0 bridgehead atoms. The first-order valence-corrected chi connectivity index (χ1v) is 10.2. The molecule has 3 atom stereocenters. The molecule has 0 radical (unpaired) electrons. The highest BCUT2D eigenvalue weighted by Gasteiger charge is 2.33. The monoisotopic (exact) mass is 421 g/mol. The molecule has 1 unspecified atom stereocenters. The molecule has 7 nitrogen and oxygen atoms in total. The number of alkyl halides is 1. The number of hydrogen-bond donors (Lipinski definition) is 2. The molecule has 30 heavy (non-hydrogen) atoms. The number of benzene rings is 1. The lowest BCUT2D eigenvalue weighted by molar-refractivity contribution is -0.146. The van der Waals surface area contributed by atoms with Gasteiger partial charge in [0.25, 0.3) is 5.78 Å². The first-order valence-electron chi connectivity index (χ1n) is 10.2. The topological polar surface area (TPSA) is 110 Å². The van der Waals surface area contributed by atoms with Crippen molar-refractivity contribution >= 4 is 29.0 Å². The number of aryl methyl sites for hydroxylation is 1. The van der Waals surface area contributed by atoms with Crippen molar-refractivity contribution in [3.63, 3.8) is 0 Å². The standard InChI is InChI=1S/C22H28FNO6/c1-4-8-24-15-10-14-6-5-7-17(25)21(28)20(27)16(23)9-12(2)13(3)30-22(29)19(14)18(26)11-15/h10-13,16,24,26H,4-9H2,1-3H3/t12-,13-,16?/m0/s1. The average Bonchev–Trinajstić information content (AvgIpc) is 2.69. The van der Waals surface area contributed by atoms with Gasteiger partial charge in [0.05, 0.1) is 0 Å². The molecule has 0 fully saturated rings. The highest BCUT2D eigenvalue weighted by atomic mass is 19.1. The number of aromatic hydroxyl groups is 1. The number of halogens is 1. The predicted molar refractivity (Wildman–Crippen MR) is 108 cm³/mol. The van der Waals surface area contributed by atoms with E-state index in [9.17, 15) is 28.7 Å². The second kappa shape index (κ2) is 10.3. The Labute approximate surface area is 175 Å². The van der Waals surface area contributed by atoms with Crippen molar-refractivity contribution in [3.05, 3.63) is 23.3 Å². The molecular formula is C22H28FNO6. The average molecular weight is 421 g/mol. The Morgan fingerprint density at radius 3 is 2.53 bits per heavy atom. The summed E-state index contributed by atoms with van der Waals surface area (Å²) in [6.07, 6.45) is -2.32. The molecule has 1 aromatic rings. The third-order valence-corrected chi connectivity index (χ3v) is 5.27. The molecule has 164 valence electrons. The van der Waals surface area contributed by atoms with Crippen LogP contribution in [0.4, 0.5) is 10.1 Å². The minimum absolute atomic E-state index is 0.0141. The van der Waals surface area contributed by atoms with Gasteiger partial charge < -0.3 is 15.2 Å². The molecule has 2 N–H and O–H groups in total. The third-order valence-electron chi connectivity index (χ3n) is 5.27. The fourth-order valence-corrected chi connectivity index (χ4v) is 3.29. The summed E-state index contributed by atoms with van der Waals surface area (Å²) in [5.41, 5.74) is 1.06. The van der Waals surface area contributed by atoms with E-state index >= 15 is 0 Å². The highest BCUT2D eigenvalue weighted by molar-refractivity contribution is 6.64. The van der Waals surface area contributed by atoms with Crippen LogP contribution in [0.5, 0.6) is 5.75 Å². The summed E-state index contributed by atoms with van der Waals surface area (Å²) >= 11 is 0. The number of phenols is 1. The summed E-state index contributed by atoms with van der Waals surface area (Å²) in [7, 11) is 0. The zero-order valence-corrected chi connectivity index (χ0v) is 17.5. The van der Waals surface area contributed by atoms with Crippen LogP contribution in [0.2, 0.25) is 0 Å². The summed E-state index contributed by atoms with van der Waals surface area (Å²) in [4.78, 5) is 48.7. The van der Waals surface area contributed by atoms with Crippen molar-refractivity contribution in [2.24, 2.45) is 5.92 Å². The van der Waals surface area contributed by atoms with Crippen LogP contribution in [0.15, 0.2) is 12.1 Å². The van der Waals surface area contributed by atoms with Crippen LogP contribution < -0.4 is 5.32 Å². The number of rotatable bonds is 3. The first kappa shape index (κ1) is 23.5. The van der Waals surface area contributed by atoms with E-state index in [1.807, 2.05) is 6.92 Å². The molecule has 0 saturated heterocycles. The fourth-order valence-electron chi connectivity index (χ4n) is 3.29. The molecule has 0 aromatic heterocycles. The predicted octanol–water partition coefficient (Wildman–Crippen LogP) is 3.17. The maximum atomic E-state index is 14.2. The Hall–Kier alpha value is -2.77. The van der Waals surface area contributed by atoms with E-state index in [0.29, 0.717) is 17.8 Å². The smallest absolute Gasteiger partial charge is 0.342 e. The largest absolute Gasteiger partial charge is 0.507 e. The van der Waals surface area contributed by atoms with Crippen LogP contribution in [0, 0.1) is 5.92 Å². The molecule has 1 aliphatic rings. The number of ether oxygens (including phenoxy) is 1. The van der Waals surface area contributed by atoms with Crippen molar-refractivity contribution in [1.29, 1.82) is 0 Å². The molecule has 0 saturated carbocycles. The second-order valence-electron chi connectivity index (χ2n) is 7.72. The molecule has 8 heteroatoms. The van der Waals surface area contributed by atoms with E-state index in [4.69, 9.17) is 4.74 Å². The fraction of sp³-hybridized carbons (Fsp3) is 0.545. The van der Waals surface area contributed by atoms with Crippen molar-refractivity contribution in [2.75, 3.05) is 11.9 Å². The minimum atomic E-state index is -2.13. The van der Waals surface area contributed by atoms with Gasteiger partial charge in [-0.3, -0.25) is 14.4 Å². The Balaban J connectivity index is 2.41. The zero-order valence-electron chi connectivity index (χ0n) is 17.5. The van der Waals surface area contributed by atoms with Gasteiger partial charge in [-0.2, -0.15) is 0 Å². The van der Waals surface area contributed by atoms with E-state index in [2.05, 4.69) is 5.32 Å². The number of cyclic esters (lactones) is 1. The van der Waals surface area contributed by atoms with Gasteiger partial charge in [0, 0.05) is 24.7 Å². The molecule has 0 aliphatic carbocycles.